The fourth-order valence-electron chi connectivity index (χ4n) is 4.41. The molecule has 1 saturated carbocycles. The van der Waals surface area contributed by atoms with Crippen LogP contribution in [0.25, 0.3) is 0 Å². The maximum Gasteiger partial charge on any atom is 0.325 e. The van der Waals surface area contributed by atoms with E-state index in [0.717, 1.165) is 30.5 Å². The Bertz CT molecular complexity index is 932. The van der Waals surface area contributed by atoms with Crippen LogP contribution in [-0.4, -0.2) is 28.3 Å². The van der Waals surface area contributed by atoms with Crippen molar-refractivity contribution >= 4 is 23.5 Å². The highest BCUT2D eigenvalue weighted by Gasteiger charge is 2.52. The molecule has 1 aliphatic carbocycles. The summed E-state index contributed by atoms with van der Waals surface area (Å²) in [4.78, 5) is 39.3. The first-order chi connectivity index (χ1) is 14.5. The molecule has 1 aliphatic heterocycles. The van der Waals surface area contributed by atoms with Crippen molar-refractivity contribution in [3.63, 3.8) is 0 Å². The Balaban J connectivity index is 1.40. The lowest BCUT2D eigenvalue weighted by Gasteiger charge is -2.34. The first-order valence-electron chi connectivity index (χ1n) is 10.6. The summed E-state index contributed by atoms with van der Waals surface area (Å²) >= 11 is 0. The number of anilines is 1. The molecule has 4 amide bonds. The molecule has 1 saturated heterocycles. The highest BCUT2D eigenvalue weighted by molar-refractivity contribution is 6.07. The van der Waals surface area contributed by atoms with E-state index < -0.39 is 5.54 Å². The van der Waals surface area contributed by atoms with E-state index in [0.29, 0.717) is 24.3 Å². The SMILES string of the molecule is CCC1CCC2(CC1)NC(=O)N(Cc1ccc(C(=O)Nc3ccccc3)cc1)C2=O. The molecule has 6 heteroatoms. The maximum absolute atomic E-state index is 13.0. The molecule has 2 fully saturated rings. The number of imide groups is 1. The standard InChI is InChI=1S/C24H27N3O3/c1-2-17-12-14-24(15-13-17)22(29)27(23(30)26-24)16-18-8-10-19(11-9-18)21(28)25-20-6-4-3-5-7-20/h3-11,17H,2,12-16H2,1H3,(H,25,28)(H,26,30). The molecule has 0 unspecified atom stereocenters. The van der Waals surface area contributed by atoms with Crippen molar-refractivity contribution in [2.45, 2.75) is 51.1 Å². The van der Waals surface area contributed by atoms with Crippen molar-refractivity contribution in [3.8, 4) is 0 Å². The molecule has 2 aromatic rings. The summed E-state index contributed by atoms with van der Waals surface area (Å²) in [6.45, 7) is 2.39. The van der Waals surface area contributed by atoms with Crippen LogP contribution in [0.15, 0.2) is 54.6 Å². The lowest BCUT2D eigenvalue weighted by Crippen LogP contribution is -2.49. The molecule has 1 spiro atoms. The molecule has 1 heterocycles. The van der Waals surface area contributed by atoms with Gasteiger partial charge >= 0.3 is 6.03 Å². The molecule has 0 aromatic heterocycles. The van der Waals surface area contributed by atoms with Gasteiger partial charge in [0.05, 0.1) is 6.54 Å². The molecule has 4 rings (SSSR count). The normalized spacial score (nSPS) is 23.5. The Morgan fingerprint density at radius 3 is 2.37 bits per heavy atom. The van der Waals surface area contributed by atoms with Gasteiger partial charge in [-0.15, -0.1) is 0 Å². The van der Waals surface area contributed by atoms with E-state index in [2.05, 4.69) is 17.6 Å². The number of carbonyl (C=O) groups is 3. The summed E-state index contributed by atoms with van der Waals surface area (Å²) in [5.74, 6) is 0.325. The molecular weight excluding hydrogens is 378 g/mol. The second-order valence-corrected chi connectivity index (χ2v) is 8.27. The summed E-state index contributed by atoms with van der Waals surface area (Å²) in [5.41, 5.74) is 1.34. The van der Waals surface area contributed by atoms with Crippen molar-refractivity contribution in [1.82, 2.24) is 10.2 Å². The molecule has 0 atom stereocenters. The van der Waals surface area contributed by atoms with Crippen molar-refractivity contribution in [2.75, 3.05) is 5.32 Å². The van der Waals surface area contributed by atoms with E-state index in [9.17, 15) is 14.4 Å². The minimum atomic E-state index is -0.724. The average Bonchev–Trinajstić information content (AvgIpc) is 2.99. The Morgan fingerprint density at radius 2 is 1.73 bits per heavy atom. The fourth-order valence-corrected chi connectivity index (χ4v) is 4.41. The molecule has 2 aromatic carbocycles. The second kappa shape index (κ2) is 8.30. The van der Waals surface area contributed by atoms with Gasteiger partial charge in [-0.3, -0.25) is 14.5 Å². The molecule has 2 aliphatic rings. The van der Waals surface area contributed by atoms with Crippen LogP contribution in [0.5, 0.6) is 0 Å². The topological polar surface area (TPSA) is 78.5 Å². The highest BCUT2D eigenvalue weighted by Crippen LogP contribution is 2.38. The third kappa shape index (κ3) is 3.95. The number of carbonyl (C=O) groups excluding carboxylic acids is 3. The number of para-hydroxylation sites is 1. The number of benzene rings is 2. The summed E-state index contributed by atoms with van der Waals surface area (Å²) < 4.78 is 0. The molecule has 2 N–H and O–H groups in total. The smallest absolute Gasteiger partial charge is 0.323 e. The van der Waals surface area contributed by atoms with Crippen molar-refractivity contribution in [3.05, 3.63) is 65.7 Å². The van der Waals surface area contributed by atoms with Gasteiger partial charge in [-0.05, 0) is 61.4 Å². The Labute approximate surface area is 176 Å². The highest BCUT2D eigenvalue weighted by atomic mass is 16.2. The maximum atomic E-state index is 13.0. The van der Waals surface area contributed by atoms with Crippen molar-refractivity contribution < 1.29 is 14.4 Å². The van der Waals surface area contributed by atoms with Gasteiger partial charge in [-0.2, -0.15) is 0 Å². The zero-order chi connectivity index (χ0) is 21.1. The molecule has 6 nitrogen and oxygen atoms in total. The first-order valence-corrected chi connectivity index (χ1v) is 10.6. The number of rotatable bonds is 5. The van der Waals surface area contributed by atoms with Gasteiger partial charge < -0.3 is 10.6 Å². The van der Waals surface area contributed by atoms with Gasteiger partial charge in [0.2, 0.25) is 0 Å². The van der Waals surface area contributed by atoms with Crippen LogP contribution in [-0.2, 0) is 11.3 Å². The van der Waals surface area contributed by atoms with Gasteiger partial charge in [0.25, 0.3) is 11.8 Å². The van der Waals surface area contributed by atoms with E-state index in [1.807, 2.05) is 30.3 Å². The van der Waals surface area contributed by atoms with E-state index in [1.54, 1.807) is 24.3 Å². The van der Waals surface area contributed by atoms with E-state index in [1.165, 1.54) is 4.90 Å². The van der Waals surface area contributed by atoms with Gasteiger partial charge in [-0.25, -0.2) is 4.79 Å². The second-order valence-electron chi connectivity index (χ2n) is 8.27. The number of nitrogens with zero attached hydrogens (tertiary/aromatic N) is 1. The Morgan fingerprint density at radius 1 is 1.07 bits per heavy atom. The van der Waals surface area contributed by atoms with Crippen molar-refractivity contribution in [2.24, 2.45) is 5.92 Å². The number of amides is 4. The minimum Gasteiger partial charge on any atom is -0.323 e. The van der Waals surface area contributed by atoms with Crippen LogP contribution in [0.2, 0.25) is 0 Å². The van der Waals surface area contributed by atoms with Crippen molar-refractivity contribution in [1.29, 1.82) is 0 Å². The number of hydrogen-bond acceptors (Lipinski definition) is 3. The van der Waals surface area contributed by atoms with E-state index >= 15 is 0 Å². The van der Waals surface area contributed by atoms with E-state index in [-0.39, 0.29) is 24.4 Å². The monoisotopic (exact) mass is 405 g/mol. The lowest BCUT2D eigenvalue weighted by molar-refractivity contribution is -0.133. The first kappa shape index (κ1) is 20.1. The third-order valence-electron chi connectivity index (χ3n) is 6.37. The van der Waals surface area contributed by atoms with Crippen LogP contribution in [0, 0.1) is 5.92 Å². The van der Waals surface area contributed by atoms with Gasteiger partial charge in [0.15, 0.2) is 0 Å². The van der Waals surface area contributed by atoms with Crippen LogP contribution in [0.1, 0.15) is 54.9 Å². The summed E-state index contributed by atoms with van der Waals surface area (Å²) in [7, 11) is 0. The van der Waals surface area contributed by atoms with Crippen LogP contribution >= 0.6 is 0 Å². The quantitative estimate of drug-likeness (QED) is 0.727. The zero-order valence-corrected chi connectivity index (χ0v) is 17.2. The van der Waals surface area contributed by atoms with E-state index in [4.69, 9.17) is 0 Å². The fraction of sp³-hybridized carbons (Fsp3) is 0.375. The zero-order valence-electron chi connectivity index (χ0n) is 17.2. The molecule has 30 heavy (non-hydrogen) atoms. The Hall–Kier alpha value is -3.15. The van der Waals surface area contributed by atoms with Gasteiger partial charge in [0, 0.05) is 11.3 Å². The average molecular weight is 405 g/mol. The molecule has 0 bridgehead atoms. The molecule has 0 radical (unpaired) electrons. The molecular formula is C24H27N3O3. The number of nitrogens with one attached hydrogen (secondary N) is 2. The summed E-state index contributed by atoms with van der Waals surface area (Å²) in [6.07, 6.45) is 4.49. The third-order valence-corrected chi connectivity index (χ3v) is 6.37. The predicted octanol–water partition coefficient (Wildman–Crippen LogP) is 4.33. The molecule has 156 valence electrons. The summed E-state index contributed by atoms with van der Waals surface area (Å²) in [6, 6.07) is 16.0. The Kier molecular flexibility index (Phi) is 5.57. The number of urea groups is 1. The van der Waals surface area contributed by atoms with Gasteiger partial charge in [0.1, 0.15) is 5.54 Å². The van der Waals surface area contributed by atoms with Gasteiger partial charge in [-0.1, -0.05) is 43.7 Å². The minimum absolute atomic E-state index is 0.118. The number of hydrogen-bond donors (Lipinski definition) is 2. The van der Waals surface area contributed by atoms with Crippen LogP contribution in [0.4, 0.5) is 10.5 Å². The summed E-state index contributed by atoms with van der Waals surface area (Å²) in [5, 5.41) is 5.81. The predicted molar refractivity (Wildman–Crippen MR) is 115 cm³/mol. The lowest BCUT2D eigenvalue weighted by atomic mass is 9.75. The largest absolute Gasteiger partial charge is 0.325 e. The van der Waals surface area contributed by atoms with Crippen LogP contribution < -0.4 is 10.6 Å². The van der Waals surface area contributed by atoms with Crippen LogP contribution in [0.3, 0.4) is 0 Å².